The van der Waals surface area contributed by atoms with Crippen molar-refractivity contribution < 1.29 is 9.53 Å². The van der Waals surface area contributed by atoms with Gasteiger partial charge >= 0.3 is 6.03 Å². The third-order valence-corrected chi connectivity index (χ3v) is 5.18. The van der Waals surface area contributed by atoms with E-state index in [1.807, 2.05) is 31.2 Å². The normalized spacial score (nSPS) is 19.5. The summed E-state index contributed by atoms with van der Waals surface area (Å²) in [6, 6.07) is 7.38. The van der Waals surface area contributed by atoms with Gasteiger partial charge in [0, 0.05) is 11.0 Å². The van der Waals surface area contributed by atoms with Crippen LogP contribution in [0.25, 0.3) is 0 Å². The molecule has 0 aliphatic carbocycles. The molecule has 3 rings (SSSR count). The van der Waals surface area contributed by atoms with Crippen LogP contribution in [0.2, 0.25) is 0 Å². The Morgan fingerprint density at radius 3 is 2.75 bits per heavy atom. The standard InChI is InChI=1S/C17H22N4O2S/c1-10-14(11-7-5-6-8-12(11)23-10)19-16(22)18-9-13-20-21-15(24-13)17(2,3)4/h5-8,10,14H,9H2,1-4H3,(H2,18,19,22). The van der Waals surface area contributed by atoms with Crippen molar-refractivity contribution in [3.05, 3.63) is 39.8 Å². The largest absolute Gasteiger partial charge is 0.488 e. The SMILES string of the molecule is CC1Oc2ccccc2C1NC(=O)NCc1nnc(C(C)(C)C)s1. The van der Waals surface area contributed by atoms with Crippen LogP contribution in [0.15, 0.2) is 24.3 Å². The van der Waals surface area contributed by atoms with E-state index in [0.29, 0.717) is 6.54 Å². The molecule has 2 N–H and O–H groups in total. The van der Waals surface area contributed by atoms with E-state index in [2.05, 4.69) is 41.6 Å². The van der Waals surface area contributed by atoms with Crippen LogP contribution < -0.4 is 15.4 Å². The second-order valence-electron chi connectivity index (χ2n) is 6.92. The van der Waals surface area contributed by atoms with E-state index in [1.54, 1.807) is 0 Å². The Kier molecular flexibility index (Phi) is 4.45. The molecule has 128 valence electrons. The van der Waals surface area contributed by atoms with Gasteiger partial charge < -0.3 is 15.4 Å². The van der Waals surface area contributed by atoms with E-state index in [4.69, 9.17) is 4.74 Å². The summed E-state index contributed by atoms with van der Waals surface area (Å²) in [5.41, 5.74) is 0.976. The van der Waals surface area contributed by atoms with Gasteiger partial charge in [-0.25, -0.2) is 4.79 Å². The lowest BCUT2D eigenvalue weighted by Crippen LogP contribution is -2.40. The third-order valence-electron chi connectivity index (χ3n) is 3.83. The molecule has 1 aromatic heterocycles. The number of hydrogen-bond donors (Lipinski definition) is 2. The van der Waals surface area contributed by atoms with Gasteiger partial charge in [-0.3, -0.25) is 0 Å². The molecule has 0 saturated heterocycles. The van der Waals surface area contributed by atoms with Gasteiger partial charge in [0.1, 0.15) is 21.9 Å². The molecule has 2 aromatic rings. The molecule has 2 atom stereocenters. The molecule has 0 bridgehead atoms. The first-order valence-electron chi connectivity index (χ1n) is 7.97. The molecule has 7 heteroatoms. The second kappa shape index (κ2) is 6.39. The van der Waals surface area contributed by atoms with Crippen LogP contribution >= 0.6 is 11.3 Å². The summed E-state index contributed by atoms with van der Waals surface area (Å²) in [6.45, 7) is 8.59. The molecule has 24 heavy (non-hydrogen) atoms. The number of hydrogen-bond acceptors (Lipinski definition) is 5. The highest BCUT2D eigenvalue weighted by Crippen LogP contribution is 2.36. The topological polar surface area (TPSA) is 76.1 Å². The van der Waals surface area contributed by atoms with Gasteiger partial charge in [-0.15, -0.1) is 10.2 Å². The quantitative estimate of drug-likeness (QED) is 0.895. The van der Waals surface area contributed by atoms with Gasteiger partial charge in [0.05, 0.1) is 12.6 Å². The van der Waals surface area contributed by atoms with Crippen LogP contribution in [-0.2, 0) is 12.0 Å². The van der Waals surface area contributed by atoms with Crippen molar-refractivity contribution >= 4 is 17.4 Å². The van der Waals surface area contributed by atoms with E-state index < -0.39 is 0 Å². The number of amides is 2. The number of benzene rings is 1. The third kappa shape index (κ3) is 3.51. The Hall–Kier alpha value is -2.15. The molecule has 0 radical (unpaired) electrons. The highest BCUT2D eigenvalue weighted by atomic mass is 32.1. The molecule has 1 aliphatic heterocycles. The first-order chi connectivity index (χ1) is 11.3. The maximum absolute atomic E-state index is 12.2. The Labute approximate surface area is 145 Å². The lowest BCUT2D eigenvalue weighted by molar-refractivity contribution is 0.199. The summed E-state index contributed by atoms with van der Waals surface area (Å²) in [4.78, 5) is 12.2. The van der Waals surface area contributed by atoms with Gasteiger partial charge in [0.2, 0.25) is 0 Å². The van der Waals surface area contributed by atoms with Crippen LogP contribution in [0.4, 0.5) is 4.79 Å². The average Bonchev–Trinajstić information content (AvgIpc) is 3.11. The molecule has 0 fully saturated rings. The Balaban J connectivity index is 1.58. The maximum Gasteiger partial charge on any atom is 0.315 e. The van der Waals surface area contributed by atoms with Crippen molar-refractivity contribution in [2.45, 2.75) is 51.8 Å². The number of carbonyl (C=O) groups is 1. The molecule has 2 heterocycles. The molecule has 0 saturated carbocycles. The molecule has 1 aromatic carbocycles. The summed E-state index contributed by atoms with van der Waals surface area (Å²) < 4.78 is 5.76. The molecular weight excluding hydrogens is 324 g/mol. The number of ether oxygens (including phenoxy) is 1. The zero-order valence-corrected chi connectivity index (χ0v) is 15.1. The predicted molar refractivity (Wildman–Crippen MR) is 93.3 cm³/mol. The monoisotopic (exact) mass is 346 g/mol. The van der Waals surface area contributed by atoms with Crippen molar-refractivity contribution in [3.8, 4) is 5.75 Å². The minimum absolute atomic E-state index is 0.0293. The first-order valence-corrected chi connectivity index (χ1v) is 8.79. The lowest BCUT2D eigenvalue weighted by Gasteiger charge is -2.17. The minimum Gasteiger partial charge on any atom is -0.488 e. The molecular formula is C17H22N4O2S. The fraction of sp³-hybridized carbons (Fsp3) is 0.471. The summed E-state index contributed by atoms with van der Waals surface area (Å²) >= 11 is 1.52. The molecule has 6 nitrogen and oxygen atoms in total. The highest BCUT2D eigenvalue weighted by molar-refractivity contribution is 7.11. The number of fused-ring (bicyclic) bond motifs is 1. The lowest BCUT2D eigenvalue weighted by atomic mass is 9.98. The first kappa shape index (κ1) is 16.7. The number of aromatic nitrogens is 2. The van der Waals surface area contributed by atoms with Gasteiger partial charge in [-0.2, -0.15) is 0 Å². The smallest absolute Gasteiger partial charge is 0.315 e. The van der Waals surface area contributed by atoms with Crippen molar-refractivity contribution in [1.29, 1.82) is 0 Å². The van der Waals surface area contributed by atoms with Crippen LogP contribution in [0.1, 0.15) is 49.3 Å². The van der Waals surface area contributed by atoms with Crippen LogP contribution in [0.3, 0.4) is 0 Å². The van der Waals surface area contributed by atoms with E-state index in [-0.39, 0.29) is 23.6 Å². The van der Waals surface area contributed by atoms with Gasteiger partial charge in [-0.1, -0.05) is 50.3 Å². The maximum atomic E-state index is 12.2. The van der Waals surface area contributed by atoms with Crippen molar-refractivity contribution in [2.24, 2.45) is 0 Å². The number of urea groups is 1. The number of nitrogens with zero attached hydrogens (tertiary/aromatic N) is 2. The van der Waals surface area contributed by atoms with Gasteiger partial charge in [-0.05, 0) is 13.0 Å². The summed E-state index contributed by atoms with van der Waals surface area (Å²) in [6.07, 6.45) is -0.0952. The van der Waals surface area contributed by atoms with Crippen molar-refractivity contribution in [3.63, 3.8) is 0 Å². The second-order valence-corrected chi connectivity index (χ2v) is 7.98. The highest BCUT2D eigenvalue weighted by Gasteiger charge is 2.32. The number of rotatable bonds is 3. The Morgan fingerprint density at radius 2 is 2.04 bits per heavy atom. The van der Waals surface area contributed by atoms with Gasteiger partial charge in [0.15, 0.2) is 0 Å². The summed E-state index contributed by atoms with van der Waals surface area (Å²) in [7, 11) is 0. The molecule has 2 unspecified atom stereocenters. The summed E-state index contributed by atoms with van der Waals surface area (Å²) in [5.74, 6) is 0.828. The van der Waals surface area contributed by atoms with E-state index in [9.17, 15) is 4.79 Å². The number of carbonyl (C=O) groups excluding carboxylic acids is 1. The molecule has 0 spiro atoms. The van der Waals surface area contributed by atoms with E-state index >= 15 is 0 Å². The number of nitrogens with one attached hydrogen (secondary N) is 2. The van der Waals surface area contributed by atoms with Gasteiger partial charge in [0.25, 0.3) is 0 Å². The fourth-order valence-electron chi connectivity index (χ4n) is 2.54. The molecule has 1 aliphatic rings. The summed E-state index contributed by atoms with van der Waals surface area (Å²) in [5, 5.41) is 15.9. The van der Waals surface area contributed by atoms with Crippen molar-refractivity contribution in [2.75, 3.05) is 0 Å². The fourth-order valence-corrected chi connectivity index (χ4v) is 3.37. The predicted octanol–water partition coefficient (Wildman–Crippen LogP) is 3.16. The van der Waals surface area contributed by atoms with E-state index in [0.717, 1.165) is 21.3 Å². The van der Waals surface area contributed by atoms with Crippen LogP contribution in [0.5, 0.6) is 5.75 Å². The zero-order valence-electron chi connectivity index (χ0n) is 14.3. The van der Waals surface area contributed by atoms with Crippen molar-refractivity contribution in [1.82, 2.24) is 20.8 Å². The Morgan fingerprint density at radius 1 is 1.29 bits per heavy atom. The average molecular weight is 346 g/mol. The number of para-hydroxylation sites is 1. The van der Waals surface area contributed by atoms with Crippen LogP contribution in [0, 0.1) is 0 Å². The Bertz CT molecular complexity index is 738. The molecule has 2 amide bonds. The van der Waals surface area contributed by atoms with E-state index in [1.165, 1.54) is 11.3 Å². The zero-order chi connectivity index (χ0) is 17.3. The van der Waals surface area contributed by atoms with Crippen LogP contribution in [-0.4, -0.2) is 22.3 Å². The minimum atomic E-state index is -0.236.